The number of hydrogen-bond donors (Lipinski definition) is 3. The van der Waals surface area contributed by atoms with Gasteiger partial charge in [-0.05, 0) is 32.0 Å². The van der Waals surface area contributed by atoms with Crippen molar-refractivity contribution in [1.82, 2.24) is 10.6 Å². The van der Waals surface area contributed by atoms with E-state index in [1.807, 2.05) is 0 Å². The van der Waals surface area contributed by atoms with Gasteiger partial charge in [0.25, 0.3) is 0 Å². The zero-order valence-corrected chi connectivity index (χ0v) is 17.5. The van der Waals surface area contributed by atoms with Gasteiger partial charge in [0.05, 0.1) is 37.9 Å². The second kappa shape index (κ2) is 8.72. The summed E-state index contributed by atoms with van der Waals surface area (Å²) in [6.07, 6.45) is 0. The van der Waals surface area contributed by atoms with Gasteiger partial charge in [-0.1, -0.05) is 20.8 Å². The summed E-state index contributed by atoms with van der Waals surface area (Å²) in [5.74, 6) is -0.0413. The molecule has 2 aliphatic rings. The third-order valence-corrected chi connectivity index (χ3v) is 9.48. The highest BCUT2D eigenvalue weighted by atomic mass is 28.4. The Morgan fingerprint density at radius 1 is 1.12 bits per heavy atom. The molecule has 2 aliphatic heterocycles. The molecule has 0 aromatic rings. The number of carbonyl (C=O) groups excluding carboxylic acids is 2. The van der Waals surface area contributed by atoms with Crippen LogP contribution in [0.15, 0.2) is 0 Å². The van der Waals surface area contributed by atoms with E-state index in [1.54, 1.807) is 13.8 Å². The van der Waals surface area contributed by atoms with E-state index in [0.717, 1.165) is 0 Å². The monoisotopic (exact) mass is 374 g/mol. The molecule has 7 nitrogen and oxygen atoms in total. The van der Waals surface area contributed by atoms with Gasteiger partial charge in [0, 0.05) is 0 Å². The van der Waals surface area contributed by atoms with Gasteiger partial charge in [-0.2, -0.15) is 0 Å². The maximum absolute atomic E-state index is 11.0. The molecular formula is C17H34N2O5Si. The Morgan fingerprint density at radius 3 is 2.04 bits per heavy atom. The molecule has 2 heterocycles. The Hall–Kier alpha value is -0.803. The van der Waals surface area contributed by atoms with E-state index in [0.29, 0.717) is 13.2 Å². The van der Waals surface area contributed by atoms with E-state index in [4.69, 9.17) is 9.53 Å². The highest BCUT2D eigenvalue weighted by Gasteiger charge is 2.44. The predicted molar refractivity (Wildman–Crippen MR) is 99.0 cm³/mol. The van der Waals surface area contributed by atoms with Crippen LogP contribution in [0.1, 0.15) is 34.6 Å². The van der Waals surface area contributed by atoms with Gasteiger partial charge in [-0.25, -0.2) is 0 Å². The fourth-order valence-electron chi connectivity index (χ4n) is 2.03. The molecule has 4 atom stereocenters. The van der Waals surface area contributed by atoms with Crippen molar-refractivity contribution in [3.8, 4) is 0 Å². The van der Waals surface area contributed by atoms with Gasteiger partial charge in [-0.3, -0.25) is 20.2 Å². The lowest BCUT2D eigenvalue weighted by Crippen LogP contribution is -2.42. The molecule has 2 saturated heterocycles. The van der Waals surface area contributed by atoms with Crippen LogP contribution in [0.5, 0.6) is 0 Å². The molecule has 146 valence electrons. The molecular weight excluding hydrogens is 340 g/mol. The first-order valence-corrected chi connectivity index (χ1v) is 11.8. The van der Waals surface area contributed by atoms with Crippen molar-refractivity contribution in [3.63, 3.8) is 0 Å². The number of ether oxygens (including phenoxy) is 1. The third kappa shape index (κ3) is 6.78. The quantitative estimate of drug-likeness (QED) is 0.343. The number of nitrogens with one attached hydrogen (secondary N) is 2. The molecule has 25 heavy (non-hydrogen) atoms. The molecule has 2 fully saturated rings. The Kier molecular flexibility index (Phi) is 7.76. The smallest absolute Gasteiger partial charge is 0.324 e. The molecule has 0 radical (unpaired) electrons. The van der Waals surface area contributed by atoms with Gasteiger partial charge in [0.1, 0.15) is 11.8 Å². The molecule has 2 rings (SSSR count). The highest BCUT2D eigenvalue weighted by molar-refractivity contribution is 6.74. The number of hydrogen-bond acceptors (Lipinski definition) is 7. The predicted octanol–water partition coefficient (Wildman–Crippen LogP) is 0.820. The molecule has 3 N–H and O–H groups in total. The summed E-state index contributed by atoms with van der Waals surface area (Å²) < 4.78 is 10.7. The summed E-state index contributed by atoms with van der Waals surface area (Å²) in [6.45, 7) is 15.6. The number of rotatable bonds is 7. The minimum Gasteiger partial charge on any atom is -0.465 e. The van der Waals surface area contributed by atoms with Crippen molar-refractivity contribution < 1.29 is 23.9 Å². The summed E-state index contributed by atoms with van der Waals surface area (Å²) in [7, 11) is -1.64. The van der Waals surface area contributed by atoms with Gasteiger partial charge >= 0.3 is 5.97 Å². The van der Waals surface area contributed by atoms with E-state index in [9.17, 15) is 9.59 Å². The van der Waals surface area contributed by atoms with Crippen LogP contribution in [0, 0.1) is 0 Å². The van der Waals surface area contributed by atoms with Crippen molar-refractivity contribution in [3.05, 3.63) is 0 Å². The second-order valence-corrected chi connectivity index (χ2v) is 12.9. The summed E-state index contributed by atoms with van der Waals surface area (Å²) in [6, 6.07) is -0.0182. The number of carbonyl (C=O) groups is 2. The van der Waals surface area contributed by atoms with Crippen LogP contribution < -0.4 is 10.6 Å². The Balaban J connectivity index is 0.000000271. The number of aliphatic hydroxyl groups excluding tert-OH is 1. The number of aliphatic hydroxyl groups is 1. The van der Waals surface area contributed by atoms with E-state index in [2.05, 4.69) is 49.2 Å². The average Bonchev–Trinajstić information content (AvgIpc) is 3.37. The normalized spacial score (nSPS) is 27.8. The zero-order valence-electron chi connectivity index (χ0n) is 16.5. The fourth-order valence-corrected chi connectivity index (χ4v) is 3.06. The first kappa shape index (κ1) is 22.2. The zero-order chi connectivity index (χ0) is 19.4. The molecule has 0 spiro atoms. The molecule has 0 amide bonds. The molecule has 8 heteroatoms. The summed E-state index contributed by atoms with van der Waals surface area (Å²) in [5, 5.41) is 14.7. The third-order valence-electron chi connectivity index (χ3n) is 4.98. The summed E-state index contributed by atoms with van der Waals surface area (Å²) in [5.41, 5.74) is 0. The van der Waals surface area contributed by atoms with Gasteiger partial charge in [-0.15, -0.1) is 0 Å². The van der Waals surface area contributed by atoms with E-state index in [-0.39, 0.29) is 47.6 Å². The van der Waals surface area contributed by atoms with Crippen molar-refractivity contribution >= 4 is 20.1 Å². The second-order valence-electron chi connectivity index (χ2n) is 8.12. The van der Waals surface area contributed by atoms with E-state index in [1.165, 1.54) is 0 Å². The van der Waals surface area contributed by atoms with Crippen LogP contribution in [0.4, 0.5) is 0 Å². The Labute approximate surface area is 152 Å². The molecule has 0 aliphatic carbocycles. The summed E-state index contributed by atoms with van der Waals surface area (Å²) in [4.78, 5) is 21.8. The van der Waals surface area contributed by atoms with Gasteiger partial charge < -0.3 is 14.3 Å². The Bertz CT molecular complexity index is 478. The van der Waals surface area contributed by atoms with E-state index >= 15 is 0 Å². The lowest BCUT2D eigenvalue weighted by atomic mass is 10.2. The molecule has 0 bridgehead atoms. The van der Waals surface area contributed by atoms with Crippen LogP contribution in [0.25, 0.3) is 0 Å². The van der Waals surface area contributed by atoms with Crippen LogP contribution in [-0.4, -0.2) is 69.2 Å². The SMILES string of the molecule is CC(=O)[C@H]1N[C@@H]1CO[Si](C)(C)C(C)(C)C.CCOC(=O)[C@H]1N[C@@H]1CO. The minimum atomic E-state index is -1.64. The van der Waals surface area contributed by atoms with Crippen LogP contribution >= 0.6 is 0 Å². The largest absolute Gasteiger partial charge is 0.465 e. The molecule has 0 unspecified atom stereocenters. The highest BCUT2D eigenvalue weighted by Crippen LogP contribution is 2.37. The van der Waals surface area contributed by atoms with Crippen LogP contribution in [0.3, 0.4) is 0 Å². The summed E-state index contributed by atoms with van der Waals surface area (Å²) >= 11 is 0. The van der Waals surface area contributed by atoms with Crippen molar-refractivity contribution in [2.45, 2.75) is 76.9 Å². The number of esters is 1. The first-order valence-electron chi connectivity index (χ1n) is 8.88. The molecule has 0 aromatic heterocycles. The maximum Gasteiger partial charge on any atom is 0.324 e. The number of ketones is 1. The lowest BCUT2D eigenvalue weighted by molar-refractivity contribution is -0.142. The fraction of sp³-hybridized carbons (Fsp3) is 0.882. The molecule has 0 aromatic carbocycles. The standard InChI is InChI=1S/C11H23NO2Si.C6H11NO3/c1-8(13)10-9(12-10)7-14-15(5,6)11(2,3)4;1-2-10-6(9)5-4(3-8)7-5/h9-10,12H,7H2,1-6H3;4-5,7-8H,2-3H2,1H3/t9-,10-;4-,5+/m11/s1. The van der Waals surface area contributed by atoms with Crippen molar-refractivity contribution in [1.29, 1.82) is 0 Å². The van der Waals surface area contributed by atoms with Crippen LogP contribution in [0.2, 0.25) is 18.1 Å². The Morgan fingerprint density at radius 2 is 1.68 bits per heavy atom. The number of Topliss-reactive ketones (excluding diaryl/α,β-unsaturated/α-hetero) is 1. The molecule has 0 saturated carbocycles. The topological polar surface area (TPSA) is 117 Å². The van der Waals surface area contributed by atoms with E-state index < -0.39 is 8.32 Å². The van der Waals surface area contributed by atoms with Crippen LogP contribution in [-0.2, 0) is 18.8 Å². The van der Waals surface area contributed by atoms with Crippen molar-refractivity contribution in [2.75, 3.05) is 19.8 Å². The van der Waals surface area contributed by atoms with Gasteiger partial charge in [0.2, 0.25) is 0 Å². The lowest BCUT2D eigenvalue weighted by Gasteiger charge is -2.36. The van der Waals surface area contributed by atoms with Gasteiger partial charge in [0.15, 0.2) is 8.32 Å². The average molecular weight is 375 g/mol. The maximum atomic E-state index is 11.0. The first-order chi connectivity index (χ1) is 11.4. The minimum absolute atomic E-state index is 0.00345. The van der Waals surface area contributed by atoms with Crippen molar-refractivity contribution in [2.24, 2.45) is 0 Å².